The van der Waals surface area contributed by atoms with E-state index in [0.717, 1.165) is 38.8 Å². The predicted molar refractivity (Wildman–Crippen MR) is 125 cm³/mol. The molecule has 5 aromatic rings. The minimum absolute atomic E-state index is 0.371. The summed E-state index contributed by atoms with van der Waals surface area (Å²) in [7, 11) is 5.02. The highest BCUT2D eigenvalue weighted by Crippen LogP contribution is 2.42. The van der Waals surface area contributed by atoms with Crippen molar-refractivity contribution in [3.63, 3.8) is 0 Å². The molecule has 1 atom stereocenters. The molecule has 8 nitrogen and oxygen atoms in total. The number of carbonyl (C=O) groups is 1. The molecule has 1 N–H and O–H groups in total. The molecule has 33 heavy (non-hydrogen) atoms. The molecule has 6 rings (SSSR count). The van der Waals surface area contributed by atoms with Crippen LogP contribution < -0.4 is 14.8 Å². The summed E-state index contributed by atoms with van der Waals surface area (Å²) in [5.41, 5.74) is 6.22. The Hall–Kier alpha value is -4.33. The zero-order valence-electron chi connectivity index (χ0n) is 18.2. The van der Waals surface area contributed by atoms with Crippen molar-refractivity contribution in [2.75, 3.05) is 19.5 Å². The number of nitrogens with zero attached hydrogens (tertiary/aromatic N) is 3. The molecule has 0 bridgehead atoms. The Kier molecular flexibility index (Phi) is 4.16. The summed E-state index contributed by atoms with van der Waals surface area (Å²) in [5.74, 6) is 0.398. The van der Waals surface area contributed by atoms with Gasteiger partial charge in [-0.25, -0.2) is 14.8 Å². The third-order valence-electron chi connectivity index (χ3n) is 6.07. The average molecular weight is 440 g/mol. The molecule has 1 aliphatic rings. The van der Waals surface area contributed by atoms with E-state index in [2.05, 4.69) is 5.32 Å². The molecular weight excluding hydrogens is 420 g/mol. The lowest BCUT2D eigenvalue weighted by atomic mass is 10.1. The number of cyclic esters (lactones) is 1. The fourth-order valence-electron chi connectivity index (χ4n) is 4.49. The van der Waals surface area contributed by atoms with E-state index < -0.39 is 12.2 Å². The SMILES string of the molecule is COc1ccc2c(c1OC)C(=O)OC2Nc1ccc2c(c1)c1nc3ccccc3nc1n2C. The monoisotopic (exact) mass is 440 g/mol. The van der Waals surface area contributed by atoms with Crippen LogP contribution in [0.15, 0.2) is 54.6 Å². The summed E-state index contributed by atoms with van der Waals surface area (Å²) in [6, 6.07) is 17.4. The lowest BCUT2D eigenvalue weighted by molar-refractivity contribution is 0.0435. The molecule has 1 unspecified atom stereocenters. The van der Waals surface area contributed by atoms with Crippen molar-refractivity contribution in [1.29, 1.82) is 0 Å². The summed E-state index contributed by atoms with van der Waals surface area (Å²) in [4.78, 5) is 22.3. The van der Waals surface area contributed by atoms with Crippen LogP contribution in [0.1, 0.15) is 22.1 Å². The number of aromatic nitrogens is 3. The first-order valence-electron chi connectivity index (χ1n) is 10.5. The molecule has 0 fully saturated rings. The molecule has 164 valence electrons. The number of hydrogen-bond acceptors (Lipinski definition) is 7. The van der Waals surface area contributed by atoms with Crippen molar-refractivity contribution in [1.82, 2.24) is 14.5 Å². The number of rotatable bonds is 4. The van der Waals surface area contributed by atoms with Gasteiger partial charge in [-0.1, -0.05) is 12.1 Å². The average Bonchev–Trinajstić information content (AvgIpc) is 3.30. The van der Waals surface area contributed by atoms with E-state index in [-0.39, 0.29) is 0 Å². The van der Waals surface area contributed by atoms with Crippen molar-refractivity contribution < 1.29 is 19.0 Å². The van der Waals surface area contributed by atoms with Crippen LogP contribution in [0.5, 0.6) is 11.5 Å². The molecule has 8 heteroatoms. The highest BCUT2D eigenvalue weighted by Gasteiger charge is 2.36. The maximum Gasteiger partial charge on any atom is 0.344 e. The number of hydrogen-bond donors (Lipinski definition) is 1. The zero-order chi connectivity index (χ0) is 22.7. The highest BCUT2D eigenvalue weighted by molar-refractivity contribution is 6.07. The Morgan fingerprint density at radius 1 is 1.00 bits per heavy atom. The Labute approximate surface area is 188 Å². The van der Waals surface area contributed by atoms with Crippen LogP contribution in [-0.2, 0) is 11.8 Å². The summed E-state index contributed by atoms with van der Waals surface area (Å²) in [6.07, 6.45) is -0.647. The fraction of sp³-hybridized carbons (Fsp3) is 0.160. The smallest absolute Gasteiger partial charge is 0.344 e. The molecule has 2 aromatic heterocycles. The number of fused-ring (bicyclic) bond motifs is 5. The number of anilines is 1. The molecule has 0 aliphatic carbocycles. The van der Waals surface area contributed by atoms with Gasteiger partial charge in [-0.3, -0.25) is 0 Å². The summed E-state index contributed by atoms with van der Waals surface area (Å²) in [5, 5.41) is 4.29. The van der Waals surface area contributed by atoms with Gasteiger partial charge in [-0.05, 0) is 42.5 Å². The quantitative estimate of drug-likeness (QED) is 0.410. The van der Waals surface area contributed by atoms with Crippen LogP contribution in [0.2, 0.25) is 0 Å². The topological polar surface area (TPSA) is 87.5 Å². The number of ether oxygens (including phenoxy) is 3. The number of esters is 1. The second-order valence-electron chi connectivity index (χ2n) is 7.87. The van der Waals surface area contributed by atoms with Crippen molar-refractivity contribution in [3.8, 4) is 11.5 Å². The molecule has 0 spiro atoms. The third kappa shape index (κ3) is 2.80. The number of aryl methyl sites for hydroxylation is 1. The molecule has 1 aliphatic heterocycles. The minimum atomic E-state index is -0.647. The van der Waals surface area contributed by atoms with Crippen LogP contribution in [0.3, 0.4) is 0 Å². The second kappa shape index (κ2) is 7.09. The second-order valence-corrected chi connectivity index (χ2v) is 7.87. The summed E-state index contributed by atoms with van der Waals surface area (Å²) < 4.78 is 18.4. The van der Waals surface area contributed by atoms with Gasteiger partial charge < -0.3 is 24.1 Å². The third-order valence-corrected chi connectivity index (χ3v) is 6.07. The highest BCUT2D eigenvalue weighted by atomic mass is 16.6. The maximum absolute atomic E-state index is 12.6. The Morgan fingerprint density at radius 2 is 1.79 bits per heavy atom. The minimum Gasteiger partial charge on any atom is -0.493 e. The number of carbonyl (C=O) groups excluding carboxylic acids is 1. The van der Waals surface area contributed by atoms with Crippen molar-refractivity contribution in [3.05, 3.63) is 65.7 Å². The van der Waals surface area contributed by atoms with Gasteiger partial charge in [0.1, 0.15) is 11.1 Å². The maximum atomic E-state index is 12.6. The molecule has 0 radical (unpaired) electrons. The normalized spacial score (nSPS) is 15.1. The molecule has 0 saturated heterocycles. The van der Waals surface area contributed by atoms with E-state index in [1.54, 1.807) is 6.07 Å². The summed E-state index contributed by atoms with van der Waals surface area (Å²) in [6.45, 7) is 0. The summed E-state index contributed by atoms with van der Waals surface area (Å²) >= 11 is 0. The van der Waals surface area contributed by atoms with E-state index in [4.69, 9.17) is 24.2 Å². The Balaban J connectivity index is 1.44. The van der Waals surface area contributed by atoms with Crippen LogP contribution in [-0.4, -0.2) is 34.7 Å². The zero-order valence-corrected chi connectivity index (χ0v) is 18.2. The van der Waals surface area contributed by atoms with Gasteiger partial charge in [0.15, 0.2) is 17.1 Å². The van der Waals surface area contributed by atoms with E-state index in [1.807, 2.05) is 60.1 Å². The van der Waals surface area contributed by atoms with Gasteiger partial charge in [0.2, 0.25) is 6.23 Å². The first-order valence-corrected chi connectivity index (χ1v) is 10.5. The van der Waals surface area contributed by atoms with Gasteiger partial charge in [0.05, 0.1) is 30.8 Å². The van der Waals surface area contributed by atoms with Gasteiger partial charge in [0, 0.05) is 23.7 Å². The number of para-hydroxylation sites is 2. The first-order chi connectivity index (χ1) is 16.1. The van der Waals surface area contributed by atoms with E-state index in [1.165, 1.54) is 14.2 Å². The lowest BCUT2D eigenvalue weighted by Gasteiger charge is -2.15. The van der Waals surface area contributed by atoms with Crippen molar-refractivity contribution in [2.45, 2.75) is 6.23 Å². The Morgan fingerprint density at radius 3 is 2.55 bits per heavy atom. The van der Waals surface area contributed by atoms with Gasteiger partial charge in [-0.2, -0.15) is 0 Å². The first kappa shape index (κ1) is 19.4. The molecule has 0 amide bonds. The number of methoxy groups -OCH3 is 2. The number of benzene rings is 3. The Bertz CT molecular complexity index is 1590. The standard InChI is InChI=1S/C25H20N4O4/c1-29-18-10-8-13(12-15(18)21-23(29)28-17-7-5-4-6-16(17)27-21)26-24-14-9-11-19(31-2)22(32-3)20(14)25(30)33-24/h4-12,24,26H,1-3H3. The molecular formula is C25H20N4O4. The van der Waals surface area contributed by atoms with Gasteiger partial charge in [0.25, 0.3) is 0 Å². The van der Waals surface area contributed by atoms with Crippen LogP contribution in [0.25, 0.3) is 33.1 Å². The molecule has 3 heterocycles. The largest absolute Gasteiger partial charge is 0.493 e. The van der Waals surface area contributed by atoms with Crippen LogP contribution in [0.4, 0.5) is 5.69 Å². The van der Waals surface area contributed by atoms with E-state index >= 15 is 0 Å². The van der Waals surface area contributed by atoms with Gasteiger partial charge >= 0.3 is 5.97 Å². The fourth-order valence-corrected chi connectivity index (χ4v) is 4.49. The number of nitrogens with one attached hydrogen (secondary N) is 1. The van der Waals surface area contributed by atoms with Crippen molar-refractivity contribution in [2.24, 2.45) is 7.05 Å². The molecule has 3 aromatic carbocycles. The molecule has 0 saturated carbocycles. The lowest BCUT2D eigenvalue weighted by Crippen LogP contribution is -2.10. The predicted octanol–water partition coefficient (Wildman–Crippen LogP) is 4.57. The van der Waals surface area contributed by atoms with E-state index in [0.29, 0.717) is 22.6 Å². The van der Waals surface area contributed by atoms with Crippen LogP contribution >= 0.6 is 0 Å². The van der Waals surface area contributed by atoms with Crippen molar-refractivity contribution >= 4 is 44.8 Å². The van der Waals surface area contributed by atoms with Gasteiger partial charge in [-0.15, -0.1) is 0 Å². The van der Waals surface area contributed by atoms with Crippen LogP contribution in [0, 0.1) is 0 Å². The van der Waals surface area contributed by atoms with E-state index in [9.17, 15) is 4.79 Å².